The minimum absolute atomic E-state index is 0.0297. The van der Waals surface area contributed by atoms with Gasteiger partial charge in [0.05, 0.1) is 47.6 Å². The Hall–Kier alpha value is -4.32. The summed E-state index contributed by atoms with van der Waals surface area (Å²) in [5.74, 6) is 2.33. The molecule has 1 fully saturated rings. The highest BCUT2D eigenvalue weighted by atomic mass is 35.7. The van der Waals surface area contributed by atoms with Crippen LogP contribution in [0.15, 0.2) is 73.6 Å². The summed E-state index contributed by atoms with van der Waals surface area (Å²) in [4.78, 5) is 21.9. The van der Waals surface area contributed by atoms with Crippen molar-refractivity contribution in [2.75, 3.05) is 47.8 Å². The van der Waals surface area contributed by atoms with Crippen LogP contribution in [0.4, 0.5) is 23.0 Å². The first-order valence-electron chi connectivity index (χ1n) is 19.0. The topological polar surface area (TPSA) is 165 Å². The largest absolute Gasteiger partial charge is 0.334 e. The lowest BCUT2D eigenvalue weighted by atomic mass is 10.1. The van der Waals surface area contributed by atoms with Crippen molar-refractivity contribution in [1.29, 1.82) is 0 Å². The average molecular weight is 872 g/mol. The lowest BCUT2D eigenvalue weighted by Crippen LogP contribution is -2.25. The minimum Gasteiger partial charge on any atom is -0.334 e. The minimum atomic E-state index is -3.30. The number of imidazole rings is 2. The summed E-state index contributed by atoms with van der Waals surface area (Å²) in [5.41, 5.74) is 16.5. The second-order valence-corrected chi connectivity index (χ2v) is 19.4. The molecule has 1 aliphatic heterocycles. The highest BCUT2D eigenvalue weighted by Gasteiger charge is 2.28. The molecule has 0 amide bonds. The Morgan fingerprint density at radius 1 is 0.793 bits per heavy atom. The molecule has 0 atom stereocenters. The van der Waals surface area contributed by atoms with Gasteiger partial charge in [0.25, 0.3) is 0 Å². The van der Waals surface area contributed by atoms with Crippen molar-refractivity contribution in [1.82, 2.24) is 33.4 Å². The number of nitrogens with two attached hydrogens (primary N) is 1. The Morgan fingerprint density at radius 2 is 1.29 bits per heavy atom. The fraction of sp³-hybridized carbons (Fsp3) is 0.400. The molecule has 58 heavy (non-hydrogen) atoms. The van der Waals surface area contributed by atoms with Crippen molar-refractivity contribution in [2.24, 2.45) is 19.8 Å². The number of halogens is 2. The van der Waals surface area contributed by atoms with Crippen molar-refractivity contribution in [3.05, 3.63) is 95.8 Å². The van der Waals surface area contributed by atoms with Crippen molar-refractivity contribution in [2.45, 2.75) is 52.6 Å². The molecule has 2 aromatic carbocycles. The first-order valence-corrected chi connectivity index (χ1v) is 23.6. The van der Waals surface area contributed by atoms with Crippen molar-refractivity contribution < 1.29 is 16.8 Å². The van der Waals surface area contributed by atoms with E-state index in [1.54, 1.807) is 16.8 Å². The molecule has 6 aromatic rings. The predicted molar refractivity (Wildman–Crippen MR) is 236 cm³/mol. The Morgan fingerprint density at radius 3 is 1.71 bits per heavy atom. The molecule has 7 rings (SSSR count). The van der Waals surface area contributed by atoms with Gasteiger partial charge in [-0.3, -0.25) is 0 Å². The zero-order valence-electron chi connectivity index (χ0n) is 33.8. The van der Waals surface area contributed by atoms with Gasteiger partial charge < -0.3 is 24.7 Å². The fourth-order valence-corrected chi connectivity index (χ4v) is 9.29. The monoisotopic (exact) mass is 870 g/mol. The number of aromatic nitrogens is 6. The molecule has 0 spiro atoms. The van der Waals surface area contributed by atoms with Gasteiger partial charge in [-0.05, 0) is 60.1 Å². The van der Waals surface area contributed by atoms with Crippen LogP contribution in [0.1, 0.15) is 48.9 Å². The summed E-state index contributed by atoms with van der Waals surface area (Å²) < 4.78 is 50.0. The van der Waals surface area contributed by atoms with Gasteiger partial charge in [-0.25, -0.2) is 36.8 Å². The molecule has 312 valence electrons. The van der Waals surface area contributed by atoms with Crippen LogP contribution in [-0.2, 0) is 59.1 Å². The van der Waals surface area contributed by atoms with Gasteiger partial charge in [-0.15, -0.1) is 11.6 Å². The molecule has 5 heterocycles. The number of alkyl halides is 1. The Labute approximate surface area is 351 Å². The molecule has 18 heteroatoms. The number of fused-ring (bicyclic) bond motifs is 2. The van der Waals surface area contributed by atoms with Crippen LogP contribution in [0, 0.1) is 0 Å². The Balaban J connectivity index is 0.000000190. The quantitative estimate of drug-likeness (QED) is 0.102. The lowest BCUT2D eigenvalue weighted by Gasteiger charge is -2.23. The van der Waals surface area contributed by atoms with Crippen LogP contribution in [-0.4, -0.2) is 88.2 Å². The molecule has 0 radical (unpaired) electrons. The molecule has 14 nitrogen and oxygen atoms in total. The second-order valence-electron chi connectivity index (χ2n) is 14.0. The third kappa shape index (κ3) is 11.0. The molecule has 1 saturated heterocycles. The summed E-state index contributed by atoms with van der Waals surface area (Å²) in [6.45, 7) is 5.89. The van der Waals surface area contributed by atoms with Gasteiger partial charge in [-0.2, -0.15) is 4.31 Å². The van der Waals surface area contributed by atoms with E-state index in [9.17, 15) is 16.8 Å². The van der Waals surface area contributed by atoms with E-state index in [0.29, 0.717) is 38.4 Å². The number of hydrogen-bond donors (Lipinski definition) is 1. The third-order valence-electron chi connectivity index (χ3n) is 9.97. The molecule has 4 aromatic heterocycles. The van der Waals surface area contributed by atoms with Crippen molar-refractivity contribution >= 4 is 86.4 Å². The standard InChI is InChI=1S/C20H25N5O2S.C17H21N5.C3H6Cl2O2S/c1-4-16-10-15(13-25-8-5-9-28(25,26)27)6-7-18(16)24(3)20-11-19-17(12-21-20)22-14-23(19)2;1-4-13-7-12(9-18)5-6-15(13)22(3)17-8-16-14(10-19-17)20-11-21(16)2;4-2-1-3-8(5,6)7/h6-7,10-12,14H,4-5,8-9,13H2,1-3H3;5-8,10-11H,4,9,18H2,1-3H3;1-3H2. The zero-order chi connectivity index (χ0) is 42.2. The number of benzene rings is 2. The van der Waals surface area contributed by atoms with Crippen LogP contribution in [0.5, 0.6) is 0 Å². The van der Waals surface area contributed by atoms with Crippen LogP contribution < -0.4 is 15.5 Å². The van der Waals surface area contributed by atoms with Gasteiger partial charge in [0, 0.05) is 87.9 Å². The van der Waals surface area contributed by atoms with E-state index in [4.69, 9.17) is 28.0 Å². The van der Waals surface area contributed by atoms with E-state index < -0.39 is 19.1 Å². The molecule has 1 aliphatic rings. The third-order valence-corrected chi connectivity index (χ3v) is 13.4. The molecular formula is C40H52Cl2N10O4S2. The van der Waals surface area contributed by atoms with E-state index in [0.717, 1.165) is 69.0 Å². The number of aryl methyl sites for hydroxylation is 4. The maximum absolute atomic E-state index is 12.1. The Kier molecular flexibility index (Phi) is 15.1. The fourth-order valence-electron chi connectivity index (χ4n) is 6.68. The van der Waals surface area contributed by atoms with Gasteiger partial charge in [-0.1, -0.05) is 38.1 Å². The molecule has 0 aliphatic carbocycles. The van der Waals surface area contributed by atoms with Crippen LogP contribution in [0.3, 0.4) is 0 Å². The number of rotatable bonds is 12. The Bertz CT molecular complexity index is 2560. The molecule has 2 N–H and O–H groups in total. The summed E-state index contributed by atoms with van der Waals surface area (Å²) >= 11 is 5.18. The van der Waals surface area contributed by atoms with Gasteiger partial charge in [0.15, 0.2) is 0 Å². The van der Waals surface area contributed by atoms with Crippen LogP contribution >= 0.6 is 22.3 Å². The van der Waals surface area contributed by atoms with Crippen LogP contribution in [0.2, 0.25) is 0 Å². The molecule has 0 unspecified atom stereocenters. The predicted octanol–water partition coefficient (Wildman–Crippen LogP) is 6.78. The highest BCUT2D eigenvalue weighted by Crippen LogP contribution is 2.31. The number of anilines is 4. The van der Waals surface area contributed by atoms with Gasteiger partial charge >= 0.3 is 0 Å². The number of sulfonamides is 1. The maximum atomic E-state index is 12.1. The zero-order valence-corrected chi connectivity index (χ0v) is 37.0. The normalized spacial score (nSPS) is 13.9. The molecule has 0 saturated carbocycles. The van der Waals surface area contributed by atoms with Gasteiger partial charge in [0.1, 0.15) is 22.7 Å². The smallest absolute Gasteiger partial charge is 0.232 e. The van der Waals surface area contributed by atoms with E-state index in [2.05, 4.69) is 80.0 Å². The van der Waals surface area contributed by atoms with Gasteiger partial charge in [0.2, 0.25) is 19.1 Å². The molecular weight excluding hydrogens is 820 g/mol. The number of pyridine rings is 2. The summed E-state index contributed by atoms with van der Waals surface area (Å²) in [7, 11) is 6.45. The van der Waals surface area contributed by atoms with E-state index in [1.165, 1.54) is 11.1 Å². The van der Waals surface area contributed by atoms with Crippen LogP contribution in [0.25, 0.3) is 22.1 Å². The van der Waals surface area contributed by atoms with Crippen molar-refractivity contribution in [3.63, 3.8) is 0 Å². The van der Waals surface area contributed by atoms with E-state index in [1.807, 2.05) is 62.0 Å². The van der Waals surface area contributed by atoms with Crippen molar-refractivity contribution in [3.8, 4) is 0 Å². The number of nitrogens with zero attached hydrogens (tertiary/aromatic N) is 9. The summed E-state index contributed by atoms with van der Waals surface area (Å²) in [5, 5.41) is 0. The lowest BCUT2D eigenvalue weighted by molar-refractivity contribution is 0.439. The van der Waals surface area contributed by atoms with E-state index >= 15 is 0 Å². The molecule has 0 bridgehead atoms. The second kappa shape index (κ2) is 19.6. The summed E-state index contributed by atoms with van der Waals surface area (Å²) in [6.07, 6.45) is 10.2. The highest BCUT2D eigenvalue weighted by molar-refractivity contribution is 8.13. The van der Waals surface area contributed by atoms with E-state index in [-0.39, 0.29) is 11.5 Å². The SMILES string of the molecule is CCc1cc(CN)ccc1N(C)c1cc2c(cn1)ncn2C.CCc1cc(CN2CCCS2(=O)=O)ccc1N(C)c1cc2c(cn1)ncn2C.O=S(=O)(Cl)CCCCl. The maximum Gasteiger partial charge on any atom is 0.232 e. The average Bonchev–Trinajstić information content (AvgIpc) is 3.90. The first kappa shape index (κ1) is 44.8. The summed E-state index contributed by atoms with van der Waals surface area (Å²) in [6, 6.07) is 16.7. The first-order chi connectivity index (χ1) is 27.6. The number of hydrogen-bond acceptors (Lipinski definition) is 11.